The summed E-state index contributed by atoms with van der Waals surface area (Å²) in [4.78, 5) is 21.8. The van der Waals surface area contributed by atoms with E-state index in [1.54, 1.807) is 23.5 Å². The van der Waals surface area contributed by atoms with Gasteiger partial charge >= 0.3 is 0 Å². The zero-order valence-electron chi connectivity index (χ0n) is 15.1. The number of nitrogens with zero attached hydrogens (tertiary/aromatic N) is 3. The smallest absolute Gasteiger partial charge is 0.255 e. The monoisotopic (exact) mass is 475 g/mol. The van der Waals surface area contributed by atoms with E-state index in [0.717, 1.165) is 40.4 Å². The maximum atomic E-state index is 12.8. The second kappa shape index (κ2) is 8.74. The van der Waals surface area contributed by atoms with Crippen LogP contribution in [0.15, 0.2) is 58.4 Å². The molecule has 0 N–H and O–H groups in total. The van der Waals surface area contributed by atoms with Crippen LogP contribution in [0.5, 0.6) is 0 Å². The normalized spacial score (nSPS) is 15.0. The van der Waals surface area contributed by atoms with Crippen LogP contribution in [0, 0.1) is 0 Å². The largest absolute Gasteiger partial charge is 0.336 e. The first-order valence-corrected chi connectivity index (χ1v) is 11.1. The Morgan fingerprint density at radius 1 is 1.11 bits per heavy atom. The molecule has 0 bridgehead atoms. The molecule has 0 radical (unpaired) electrons. The summed E-state index contributed by atoms with van der Waals surface area (Å²) >= 11 is 11.3. The van der Waals surface area contributed by atoms with Crippen molar-refractivity contribution in [1.82, 2.24) is 14.8 Å². The molecule has 1 amide bonds. The highest BCUT2D eigenvalue weighted by molar-refractivity contribution is 9.10. The second-order valence-electron chi connectivity index (χ2n) is 6.69. The van der Waals surface area contributed by atoms with Crippen LogP contribution in [0.4, 0.5) is 0 Å². The van der Waals surface area contributed by atoms with Crippen molar-refractivity contribution in [1.29, 1.82) is 0 Å². The molecule has 4 rings (SSSR count). The van der Waals surface area contributed by atoms with Gasteiger partial charge in [0.05, 0.1) is 22.8 Å². The van der Waals surface area contributed by atoms with Crippen molar-refractivity contribution in [3.8, 4) is 11.3 Å². The zero-order valence-corrected chi connectivity index (χ0v) is 18.3. The highest BCUT2D eigenvalue weighted by atomic mass is 79.9. The summed E-state index contributed by atoms with van der Waals surface area (Å²) in [6.07, 6.45) is 0. The van der Waals surface area contributed by atoms with Crippen molar-refractivity contribution in [3.05, 3.63) is 74.0 Å². The van der Waals surface area contributed by atoms with Crippen molar-refractivity contribution in [2.24, 2.45) is 0 Å². The van der Waals surface area contributed by atoms with Crippen LogP contribution in [0.25, 0.3) is 11.3 Å². The molecule has 2 heterocycles. The quantitative estimate of drug-likeness (QED) is 0.520. The van der Waals surface area contributed by atoms with Crippen LogP contribution in [0.3, 0.4) is 0 Å². The highest BCUT2D eigenvalue weighted by Crippen LogP contribution is 2.24. The Hall–Kier alpha value is -1.73. The third-order valence-electron chi connectivity index (χ3n) is 4.80. The topological polar surface area (TPSA) is 36.4 Å². The van der Waals surface area contributed by atoms with Crippen molar-refractivity contribution in [3.63, 3.8) is 0 Å². The van der Waals surface area contributed by atoms with Crippen molar-refractivity contribution >= 4 is 44.8 Å². The van der Waals surface area contributed by atoms with Crippen LogP contribution in [0.1, 0.15) is 15.4 Å². The summed E-state index contributed by atoms with van der Waals surface area (Å²) in [6, 6.07) is 15.6. The van der Waals surface area contributed by atoms with Crippen LogP contribution in [-0.2, 0) is 6.54 Å². The van der Waals surface area contributed by atoms with E-state index in [1.807, 2.05) is 29.2 Å². The SMILES string of the molecule is O=C(c1cc(Br)ccc1Cl)N1CCN(Cc2nc(-c3ccccc3)cs2)CC1. The fourth-order valence-electron chi connectivity index (χ4n) is 3.26. The van der Waals surface area contributed by atoms with Gasteiger partial charge < -0.3 is 4.90 Å². The molecule has 3 aromatic rings. The summed E-state index contributed by atoms with van der Waals surface area (Å²) in [5.41, 5.74) is 2.72. The van der Waals surface area contributed by atoms with Crippen molar-refractivity contribution in [2.75, 3.05) is 26.2 Å². The molecular formula is C21H19BrClN3OS. The third kappa shape index (κ3) is 4.46. The van der Waals surface area contributed by atoms with Gasteiger partial charge in [0.2, 0.25) is 0 Å². The van der Waals surface area contributed by atoms with Crippen LogP contribution in [0.2, 0.25) is 5.02 Å². The van der Waals surface area contributed by atoms with E-state index in [4.69, 9.17) is 16.6 Å². The van der Waals surface area contributed by atoms with Gasteiger partial charge in [0.15, 0.2) is 0 Å². The number of halogens is 2. The maximum absolute atomic E-state index is 12.8. The van der Waals surface area contributed by atoms with Gasteiger partial charge in [-0.3, -0.25) is 9.69 Å². The zero-order chi connectivity index (χ0) is 19.5. The molecular weight excluding hydrogens is 458 g/mol. The molecule has 1 fully saturated rings. The number of thiazole rings is 1. The van der Waals surface area contributed by atoms with E-state index in [0.29, 0.717) is 23.7 Å². The standard InChI is InChI=1S/C21H19BrClN3OS/c22-16-6-7-18(23)17(12-16)21(27)26-10-8-25(9-11-26)13-20-24-19(14-28-20)15-4-2-1-3-5-15/h1-7,12,14H,8-11,13H2. The minimum atomic E-state index is -0.00781. The van der Waals surface area contributed by atoms with Crippen molar-refractivity contribution < 1.29 is 4.79 Å². The molecule has 28 heavy (non-hydrogen) atoms. The van der Waals surface area contributed by atoms with E-state index < -0.39 is 0 Å². The van der Waals surface area contributed by atoms with E-state index in [2.05, 4.69) is 38.3 Å². The molecule has 1 aromatic heterocycles. The van der Waals surface area contributed by atoms with Crippen LogP contribution >= 0.6 is 38.9 Å². The lowest BCUT2D eigenvalue weighted by Gasteiger charge is -2.34. The number of hydrogen-bond donors (Lipinski definition) is 0. The number of carbonyl (C=O) groups is 1. The van der Waals surface area contributed by atoms with Gasteiger partial charge in [-0.15, -0.1) is 11.3 Å². The number of aromatic nitrogens is 1. The Balaban J connectivity index is 1.35. The second-order valence-corrected chi connectivity index (χ2v) is 8.95. The Morgan fingerprint density at radius 3 is 2.61 bits per heavy atom. The van der Waals surface area contributed by atoms with Gasteiger partial charge in [0.25, 0.3) is 5.91 Å². The molecule has 1 aliphatic rings. The average molecular weight is 477 g/mol. The number of benzene rings is 2. The fourth-order valence-corrected chi connectivity index (χ4v) is 4.66. The minimum Gasteiger partial charge on any atom is -0.336 e. The molecule has 144 valence electrons. The molecule has 2 aromatic carbocycles. The van der Waals surface area contributed by atoms with E-state index in [9.17, 15) is 4.79 Å². The third-order valence-corrected chi connectivity index (χ3v) is 6.45. The number of carbonyl (C=O) groups excluding carboxylic acids is 1. The summed E-state index contributed by atoms with van der Waals surface area (Å²) in [6.45, 7) is 3.86. The summed E-state index contributed by atoms with van der Waals surface area (Å²) in [7, 11) is 0. The predicted octanol–water partition coefficient (Wildman–Crippen LogP) is 5.18. The summed E-state index contributed by atoms with van der Waals surface area (Å²) < 4.78 is 0.858. The first kappa shape index (κ1) is 19.6. The summed E-state index contributed by atoms with van der Waals surface area (Å²) in [5, 5.41) is 3.71. The van der Waals surface area contributed by atoms with Crippen LogP contribution in [-0.4, -0.2) is 46.9 Å². The minimum absolute atomic E-state index is 0.00781. The number of rotatable bonds is 4. The van der Waals surface area contributed by atoms with E-state index >= 15 is 0 Å². The average Bonchev–Trinajstić information content (AvgIpc) is 3.19. The number of piperazine rings is 1. The molecule has 0 atom stereocenters. The lowest BCUT2D eigenvalue weighted by atomic mass is 10.2. The molecule has 0 saturated carbocycles. The van der Waals surface area contributed by atoms with E-state index in [1.165, 1.54) is 0 Å². The Kier molecular flexibility index (Phi) is 6.11. The molecule has 0 spiro atoms. The molecule has 4 nitrogen and oxygen atoms in total. The van der Waals surface area contributed by atoms with Gasteiger partial charge in [0.1, 0.15) is 5.01 Å². The maximum Gasteiger partial charge on any atom is 0.255 e. The molecule has 0 unspecified atom stereocenters. The Labute approximate surface area is 181 Å². The van der Waals surface area contributed by atoms with Gasteiger partial charge in [-0.1, -0.05) is 57.9 Å². The van der Waals surface area contributed by atoms with E-state index in [-0.39, 0.29) is 5.91 Å². The fraction of sp³-hybridized carbons (Fsp3) is 0.238. The first-order chi connectivity index (χ1) is 13.6. The van der Waals surface area contributed by atoms with Crippen LogP contribution < -0.4 is 0 Å². The molecule has 1 saturated heterocycles. The molecule has 0 aliphatic carbocycles. The van der Waals surface area contributed by atoms with Gasteiger partial charge in [-0.05, 0) is 18.2 Å². The van der Waals surface area contributed by atoms with Gasteiger partial charge in [-0.25, -0.2) is 4.98 Å². The summed E-state index contributed by atoms with van der Waals surface area (Å²) in [5.74, 6) is -0.00781. The lowest BCUT2D eigenvalue weighted by molar-refractivity contribution is 0.0628. The molecule has 1 aliphatic heterocycles. The Bertz CT molecular complexity index is 971. The lowest BCUT2D eigenvalue weighted by Crippen LogP contribution is -2.48. The highest BCUT2D eigenvalue weighted by Gasteiger charge is 2.24. The predicted molar refractivity (Wildman–Crippen MR) is 118 cm³/mol. The molecule has 7 heteroatoms. The van der Waals surface area contributed by atoms with Crippen molar-refractivity contribution in [2.45, 2.75) is 6.54 Å². The number of hydrogen-bond acceptors (Lipinski definition) is 4. The van der Waals surface area contributed by atoms with Gasteiger partial charge in [0, 0.05) is 41.6 Å². The van der Waals surface area contributed by atoms with Gasteiger partial charge in [-0.2, -0.15) is 0 Å². The first-order valence-electron chi connectivity index (χ1n) is 9.06. The number of amides is 1. The Morgan fingerprint density at radius 2 is 1.86 bits per heavy atom.